The van der Waals surface area contributed by atoms with Crippen molar-refractivity contribution in [3.63, 3.8) is 0 Å². The van der Waals surface area contributed by atoms with E-state index >= 15 is 0 Å². The van der Waals surface area contributed by atoms with E-state index in [9.17, 15) is 15.3 Å². The maximum atomic E-state index is 10.8. The Hall–Kier alpha value is -2.05. The van der Waals surface area contributed by atoms with Gasteiger partial charge >= 0.3 is 0 Å². The van der Waals surface area contributed by atoms with Crippen LogP contribution in [0.3, 0.4) is 0 Å². The molecule has 2 bridgehead atoms. The fraction of sp³-hybridized carbons (Fsp3) is 0.552. The Morgan fingerprint density at radius 2 is 1.94 bits per heavy atom. The average molecular weight is 458 g/mol. The van der Waals surface area contributed by atoms with Crippen molar-refractivity contribution in [1.29, 1.82) is 0 Å². The number of rotatable bonds is 1. The molecule has 1 saturated heterocycles. The van der Waals surface area contributed by atoms with Crippen LogP contribution >= 0.6 is 0 Å². The van der Waals surface area contributed by atoms with Crippen LogP contribution in [0.5, 0.6) is 0 Å². The molecule has 5 heteroatoms. The van der Waals surface area contributed by atoms with Crippen molar-refractivity contribution in [3.8, 4) is 0 Å². The molecule has 2 aliphatic heterocycles. The molecule has 1 aromatic carbocycles. The van der Waals surface area contributed by atoms with Crippen LogP contribution in [0.2, 0.25) is 0 Å². The van der Waals surface area contributed by atoms with Gasteiger partial charge < -0.3 is 20.1 Å². The van der Waals surface area contributed by atoms with Crippen LogP contribution in [0, 0.1) is 17.3 Å². The molecule has 9 atom stereocenters. The third-order valence-electron chi connectivity index (χ3n) is 11.1. The molecule has 2 spiro atoms. The van der Waals surface area contributed by atoms with Crippen molar-refractivity contribution in [3.05, 3.63) is 65.5 Å². The number of aromatic nitrogens is 1. The van der Waals surface area contributed by atoms with Crippen LogP contribution in [-0.4, -0.2) is 49.8 Å². The summed E-state index contributed by atoms with van der Waals surface area (Å²) in [6, 6.07) is 9.05. The molecule has 2 aromatic rings. The largest absolute Gasteiger partial charge is 0.390 e. The Morgan fingerprint density at radius 1 is 1.06 bits per heavy atom. The highest BCUT2D eigenvalue weighted by atomic mass is 16.5. The molecule has 34 heavy (non-hydrogen) atoms. The van der Waals surface area contributed by atoms with E-state index < -0.39 is 23.9 Å². The number of fused-ring (bicyclic) bond motifs is 4. The molecule has 3 saturated carbocycles. The number of nitrogens with zero attached hydrogens (tertiary/aromatic N) is 1. The maximum Gasteiger partial charge on any atom is 0.110 e. The Morgan fingerprint density at radius 3 is 2.82 bits per heavy atom. The summed E-state index contributed by atoms with van der Waals surface area (Å²) in [5, 5.41) is 34.1. The third kappa shape index (κ3) is 2.08. The van der Waals surface area contributed by atoms with Crippen LogP contribution in [0.1, 0.15) is 51.0 Å². The summed E-state index contributed by atoms with van der Waals surface area (Å²) in [6.07, 6.45) is 10.6. The average Bonchev–Trinajstić information content (AvgIpc) is 3.42. The van der Waals surface area contributed by atoms with Crippen molar-refractivity contribution < 1.29 is 20.1 Å². The van der Waals surface area contributed by atoms with Gasteiger partial charge in [0, 0.05) is 29.6 Å². The lowest BCUT2D eigenvalue weighted by molar-refractivity contribution is -0.178. The van der Waals surface area contributed by atoms with Gasteiger partial charge in [-0.15, -0.1) is 0 Å². The molecule has 4 fully saturated rings. The SMILES string of the molecule is C[C@]12CC=C3C=C4[C@@H](O)[C@H](O)[C@@H](O)C[C@]45CCC3(O5)[C@@H]1C[C@H]1C[C@]12c1ccc2ccncc2c1. The van der Waals surface area contributed by atoms with Crippen LogP contribution in [-0.2, 0) is 10.2 Å². The zero-order chi connectivity index (χ0) is 23.1. The van der Waals surface area contributed by atoms with Gasteiger partial charge in [0.1, 0.15) is 12.2 Å². The van der Waals surface area contributed by atoms with Crippen molar-refractivity contribution in [1.82, 2.24) is 4.98 Å². The predicted molar refractivity (Wildman–Crippen MR) is 127 cm³/mol. The number of hydrogen-bond acceptors (Lipinski definition) is 5. The summed E-state index contributed by atoms with van der Waals surface area (Å²) in [5.41, 5.74) is 2.68. The Bertz CT molecular complexity index is 1320. The summed E-state index contributed by atoms with van der Waals surface area (Å²) >= 11 is 0. The fourth-order valence-electron chi connectivity index (χ4n) is 9.38. The molecule has 1 unspecified atom stereocenters. The number of aliphatic hydroxyl groups is 3. The lowest BCUT2D eigenvalue weighted by Crippen LogP contribution is -2.60. The van der Waals surface area contributed by atoms with E-state index in [2.05, 4.69) is 48.3 Å². The summed E-state index contributed by atoms with van der Waals surface area (Å²) in [5.74, 6) is 1.07. The Kier molecular flexibility index (Phi) is 3.57. The summed E-state index contributed by atoms with van der Waals surface area (Å²) in [4.78, 5) is 4.36. The zero-order valence-corrected chi connectivity index (χ0v) is 19.4. The second-order valence-electron chi connectivity index (χ2n) is 12.2. The van der Waals surface area contributed by atoms with Gasteiger partial charge in [-0.05, 0) is 83.6 Å². The summed E-state index contributed by atoms with van der Waals surface area (Å²) < 4.78 is 7.09. The lowest BCUT2D eigenvalue weighted by Gasteiger charge is -2.56. The maximum absolute atomic E-state index is 10.8. The van der Waals surface area contributed by atoms with Gasteiger partial charge in [0.25, 0.3) is 0 Å². The van der Waals surface area contributed by atoms with Gasteiger partial charge in [0.15, 0.2) is 0 Å². The van der Waals surface area contributed by atoms with Gasteiger partial charge in [-0.1, -0.05) is 31.2 Å². The molecule has 0 amide bonds. The summed E-state index contributed by atoms with van der Waals surface area (Å²) in [7, 11) is 0. The highest BCUT2D eigenvalue weighted by Gasteiger charge is 2.78. The molecule has 176 valence electrons. The third-order valence-corrected chi connectivity index (χ3v) is 11.1. The number of hydrogen-bond donors (Lipinski definition) is 3. The van der Waals surface area contributed by atoms with Gasteiger partial charge in [-0.3, -0.25) is 4.98 Å². The molecular formula is C29H31NO4. The van der Waals surface area contributed by atoms with Crippen molar-refractivity contribution in [2.75, 3.05) is 0 Å². The second-order valence-corrected chi connectivity index (χ2v) is 12.2. The Labute approximate surface area is 199 Å². The lowest BCUT2D eigenvalue weighted by atomic mass is 9.55. The van der Waals surface area contributed by atoms with E-state index in [1.807, 2.05) is 12.4 Å². The molecule has 8 rings (SSSR count). The number of benzene rings is 1. The minimum absolute atomic E-state index is 0.0966. The molecule has 6 aliphatic rings. The zero-order valence-electron chi connectivity index (χ0n) is 19.4. The topological polar surface area (TPSA) is 82.8 Å². The second kappa shape index (κ2) is 6.01. The standard InChI is InChI=1S/C29H31NO4/c1-26-6-4-19-11-21-24(32)25(33)22(31)14-27(21)7-8-29(19,34-27)23(26)12-20-13-28(20,26)18-3-2-16-5-9-30-15-17(16)10-18/h2-5,9-11,15,20,22-25,31-33H,6-8,12-14H2,1H3/t20-,22-,23+,24+,25+,26-,27+,28-,29?/m0/s1. The number of pyridine rings is 1. The van der Waals surface area contributed by atoms with Gasteiger partial charge in [0.2, 0.25) is 0 Å². The Balaban J connectivity index is 1.25. The molecule has 0 radical (unpaired) electrons. The monoisotopic (exact) mass is 457 g/mol. The van der Waals surface area contributed by atoms with Crippen LogP contribution < -0.4 is 0 Å². The van der Waals surface area contributed by atoms with E-state index in [-0.39, 0.29) is 16.4 Å². The van der Waals surface area contributed by atoms with Crippen molar-refractivity contribution in [2.24, 2.45) is 17.3 Å². The van der Waals surface area contributed by atoms with Crippen molar-refractivity contribution in [2.45, 2.75) is 80.4 Å². The minimum Gasteiger partial charge on any atom is -0.390 e. The highest BCUT2D eigenvalue weighted by Crippen LogP contribution is 2.80. The summed E-state index contributed by atoms with van der Waals surface area (Å²) in [6.45, 7) is 2.49. The molecule has 1 aromatic heterocycles. The number of ether oxygens (including phenoxy) is 1. The molecule has 5 nitrogen and oxygen atoms in total. The van der Waals surface area contributed by atoms with E-state index in [0.29, 0.717) is 18.3 Å². The molecule has 3 N–H and O–H groups in total. The number of allylic oxidation sites excluding steroid dienone is 1. The first-order valence-electron chi connectivity index (χ1n) is 12.8. The van der Waals surface area contributed by atoms with Gasteiger partial charge in [-0.25, -0.2) is 0 Å². The highest BCUT2D eigenvalue weighted by molar-refractivity contribution is 5.82. The smallest absolute Gasteiger partial charge is 0.110 e. The first kappa shape index (κ1) is 20.2. The van der Waals surface area contributed by atoms with E-state index in [4.69, 9.17) is 4.74 Å². The normalized spacial score (nSPS) is 50.1. The van der Waals surface area contributed by atoms with Crippen LogP contribution in [0.25, 0.3) is 10.8 Å². The fourth-order valence-corrected chi connectivity index (χ4v) is 9.38. The van der Waals surface area contributed by atoms with Gasteiger partial charge in [0.05, 0.1) is 17.3 Å². The van der Waals surface area contributed by atoms with Crippen LogP contribution in [0.15, 0.2) is 60.0 Å². The van der Waals surface area contributed by atoms with Crippen molar-refractivity contribution >= 4 is 10.8 Å². The van der Waals surface area contributed by atoms with Crippen LogP contribution in [0.4, 0.5) is 0 Å². The molecule has 3 heterocycles. The predicted octanol–water partition coefficient (Wildman–Crippen LogP) is 3.56. The van der Waals surface area contributed by atoms with E-state index in [1.54, 1.807) is 0 Å². The van der Waals surface area contributed by atoms with E-state index in [0.717, 1.165) is 31.3 Å². The molecule has 4 aliphatic carbocycles. The van der Waals surface area contributed by atoms with E-state index in [1.165, 1.54) is 28.3 Å². The van der Waals surface area contributed by atoms with Gasteiger partial charge in [-0.2, -0.15) is 0 Å². The molecular weight excluding hydrogens is 426 g/mol. The number of aliphatic hydroxyl groups excluding tert-OH is 3. The minimum atomic E-state index is -1.15. The quantitative estimate of drug-likeness (QED) is 0.610. The first-order valence-corrected chi connectivity index (χ1v) is 12.8. The first-order chi connectivity index (χ1) is 16.3.